The molecule has 6 heteroatoms. The average molecular weight is 229 g/mol. The zero-order chi connectivity index (χ0) is 11.4. The lowest BCUT2D eigenvalue weighted by atomic mass is 10.2. The minimum absolute atomic E-state index is 0.0247. The Labute approximate surface area is 89.3 Å². The van der Waals surface area contributed by atoms with Crippen LogP contribution in [0.4, 0.5) is 4.39 Å². The molecule has 0 spiro atoms. The molecule has 0 saturated carbocycles. The van der Waals surface area contributed by atoms with E-state index in [-0.39, 0.29) is 16.2 Å². The molecule has 0 aromatic heterocycles. The van der Waals surface area contributed by atoms with E-state index >= 15 is 0 Å². The second kappa shape index (κ2) is 4.79. The lowest BCUT2D eigenvalue weighted by Crippen LogP contribution is -2.13. The number of carbonyl (C=O) groups is 2. The molecule has 0 fully saturated rings. The molecular formula is C9H8FNO3S. The van der Waals surface area contributed by atoms with Crippen LogP contribution in [0, 0.1) is 5.82 Å². The van der Waals surface area contributed by atoms with Gasteiger partial charge in [0.05, 0.1) is 11.3 Å². The fourth-order valence-corrected chi connectivity index (χ4v) is 1.61. The lowest BCUT2D eigenvalue weighted by molar-refractivity contribution is -0.115. The van der Waals surface area contributed by atoms with Gasteiger partial charge in [-0.2, -0.15) is 0 Å². The highest BCUT2D eigenvalue weighted by atomic mass is 32.2. The predicted molar refractivity (Wildman–Crippen MR) is 53.3 cm³/mol. The van der Waals surface area contributed by atoms with Crippen molar-refractivity contribution in [1.82, 2.24) is 0 Å². The number of primary amides is 1. The molecule has 1 aromatic rings. The summed E-state index contributed by atoms with van der Waals surface area (Å²) < 4.78 is 13.1. The molecule has 0 radical (unpaired) electrons. The van der Waals surface area contributed by atoms with Crippen LogP contribution in [0.3, 0.4) is 0 Å². The van der Waals surface area contributed by atoms with E-state index < -0.39 is 17.7 Å². The van der Waals surface area contributed by atoms with Gasteiger partial charge in [0.15, 0.2) is 0 Å². The number of rotatable bonds is 4. The fraction of sp³-hybridized carbons (Fsp3) is 0.111. The second-order valence-corrected chi connectivity index (χ2v) is 3.72. The Hall–Kier alpha value is -1.56. The van der Waals surface area contributed by atoms with Gasteiger partial charge in [0.25, 0.3) is 0 Å². The van der Waals surface area contributed by atoms with Crippen molar-refractivity contribution in [2.24, 2.45) is 5.73 Å². The number of carbonyl (C=O) groups excluding carboxylic acids is 1. The molecule has 0 saturated heterocycles. The summed E-state index contributed by atoms with van der Waals surface area (Å²) in [5.41, 5.74) is 4.87. The van der Waals surface area contributed by atoms with Crippen molar-refractivity contribution in [3.63, 3.8) is 0 Å². The average Bonchev–Trinajstić information content (AvgIpc) is 2.16. The molecule has 1 rings (SSSR count). The van der Waals surface area contributed by atoms with Gasteiger partial charge in [-0.05, 0) is 18.2 Å². The van der Waals surface area contributed by atoms with E-state index in [4.69, 9.17) is 10.8 Å². The molecule has 0 heterocycles. The number of hydrogen-bond donors (Lipinski definition) is 2. The standard InChI is InChI=1S/C9H8FNO3S/c10-6-2-1-5(9(13)14)3-7(6)15-4-8(11)12/h1-3H,4H2,(H2,11,12)(H,13,14). The van der Waals surface area contributed by atoms with Crippen molar-refractivity contribution in [2.45, 2.75) is 4.90 Å². The third kappa shape index (κ3) is 3.25. The SMILES string of the molecule is NC(=O)CSc1cc(C(=O)O)ccc1F. The van der Waals surface area contributed by atoms with Gasteiger partial charge in [-0.3, -0.25) is 4.79 Å². The highest BCUT2D eigenvalue weighted by molar-refractivity contribution is 8.00. The van der Waals surface area contributed by atoms with Gasteiger partial charge >= 0.3 is 5.97 Å². The monoisotopic (exact) mass is 229 g/mol. The van der Waals surface area contributed by atoms with E-state index in [0.29, 0.717) is 0 Å². The van der Waals surface area contributed by atoms with Gasteiger partial charge < -0.3 is 10.8 Å². The zero-order valence-electron chi connectivity index (χ0n) is 7.57. The fourth-order valence-electron chi connectivity index (χ4n) is 0.896. The van der Waals surface area contributed by atoms with Gasteiger partial charge in [-0.1, -0.05) is 0 Å². The van der Waals surface area contributed by atoms with Crippen molar-refractivity contribution in [2.75, 3.05) is 5.75 Å². The molecule has 0 aliphatic rings. The van der Waals surface area contributed by atoms with Gasteiger partial charge in [0, 0.05) is 4.90 Å². The first-order valence-electron chi connectivity index (χ1n) is 3.94. The van der Waals surface area contributed by atoms with Crippen molar-refractivity contribution < 1.29 is 19.1 Å². The van der Waals surface area contributed by atoms with Crippen molar-refractivity contribution in [3.8, 4) is 0 Å². The number of carboxylic acid groups (broad SMARTS) is 1. The summed E-state index contributed by atoms with van der Waals surface area (Å²) >= 11 is 0.874. The summed E-state index contributed by atoms with van der Waals surface area (Å²) in [5, 5.41) is 8.65. The highest BCUT2D eigenvalue weighted by Crippen LogP contribution is 2.22. The van der Waals surface area contributed by atoms with E-state index in [1.165, 1.54) is 6.07 Å². The van der Waals surface area contributed by atoms with Crippen LogP contribution < -0.4 is 5.73 Å². The molecule has 0 bridgehead atoms. The van der Waals surface area contributed by atoms with Crippen LogP contribution in [0.1, 0.15) is 10.4 Å². The Morgan fingerprint density at radius 1 is 1.47 bits per heavy atom. The molecule has 0 aliphatic heterocycles. The highest BCUT2D eigenvalue weighted by Gasteiger charge is 2.09. The summed E-state index contributed by atoms with van der Waals surface area (Å²) in [7, 11) is 0. The first-order valence-corrected chi connectivity index (χ1v) is 4.93. The molecule has 3 N–H and O–H groups in total. The van der Waals surface area contributed by atoms with Gasteiger partial charge in [-0.15, -0.1) is 11.8 Å². The molecule has 1 aromatic carbocycles. The van der Waals surface area contributed by atoms with Crippen LogP contribution in [0.5, 0.6) is 0 Å². The van der Waals surface area contributed by atoms with E-state index in [9.17, 15) is 14.0 Å². The third-order valence-electron chi connectivity index (χ3n) is 1.55. The first-order chi connectivity index (χ1) is 7.00. The Morgan fingerprint density at radius 2 is 2.13 bits per heavy atom. The summed E-state index contributed by atoms with van der Waals surface area (Å²) in [5.74, 6) is -2.37. The van der Waals surface area contributed by atoms with Crippen molar-refractivity contribution in [1.29, 1.82) is 0 Å². The lowest BCUT2D eigenvalue weighted by Gasteiger charge is -2.02. The maximum Gasteiger partial charge on any atom is 0.335 e. The number of amides is 1. The molecule has 1 amide bonds. The van der Waals surface area contributed by atoms with Crippen LogP contribution >= 0.6 is 11.8 Å². The van der Waals surface area contributed by atoms with Gasteiger partial charge in [-0.25, -0.2) is 9.18 Å². The van der Waals surface area contributed by atoms with Crippen LogP contribution in [-0.2, 0) is 4.79 Å². The van der Waals surface area contributed by atoms with Crippen LogP contribution in [0.25, 0.3) is 0 Å². The topological polar surface area (TPSA) is 80.4 Å². The summed E-state index contributed by atoms with van der Waals surface area (Å²) in [6, 6.07) is 3.38. The number of thioether (sulfide) groups is 1. The van der Waals surface area contributed by atoms with E-state index in [1.54, 1.807) is 0 Å². The molecule has 4 nitrogen and oxygen atoms in total. The van der Waals surface area contributed by atoms with Gasteiger partial charge in [0.1, 0.15) is 5.82 Å². The number of carboxylic acids is 1. The van der Waals surface area contributed by atoms with Crippen LogP contribution in [0.15, 0.2) is 23.1 Å². The van der Waals surface area contributed by atoms with Crippen LogP contribution in [0.2, 0.25) is 0 Å². The zero-order valence-corrected chi connectivity index (χ0v) is 8.38. The normalized spacial score (nSPS) is 9.93. The van der Waals surface area contributed by atoms with E-state index in [2.05, 4.69) is 0 Å². The molecule has 0 unspecified atom stereocenters. The largest absolute Gasteiger partial charge is 0.478 e. The smallest absolute Gasteiger partial charge is 0.335 e. The quantitative estimate of drug-likeness (QED) is 0.757. The molecule has 0 aliphatic carbocycles. The second-order valence-electron chi connectivity index (χ2n) is 2.71. The minimum Gasteiger partial charge on any atom is -0.478 e. The molecule has 80 valence electrons. The summed E-state index contributed by atoms with van der Waals surface area (Å²) in [6.45, 7) is 0. The Balaban J connectivity index is 2.90. The number of nitrogens with two attached hydrogens (primary N) is 1. The number of hydrogen-bond acceptors (Lipinski definition) is 3. The maximum absolute atomic E-state index is 13.1. The number of benzene rings is 1. The first kappa shape index (κ1) is 11.5. The molecule has 0 atom stereocenters. The Morgan fingerprint density at radius 3 is 2.67 bits per heavy atom. The third-order valence-corrected chi connectivity index (χ3v) is 2.60. The number of halogens is 1. The minimum atomic E-state index is -1.14. The molecular weight excluding hydrogens is 221 g/mol. The number of aromatic carboxylic acids is 1. The Kier molecular flexibility index (Phi) is 3.68. The molecule has 15 heavy (non-hydrogen) atoms. The maximum atomic E-state index is 13.1. The predicted octanol–water partition coefficient (Wildman–Crippen LogP) is 1.10. The summed E-state index contributed by atoms with van der Waals surface area (Å²) in [6.07, 6.45) is 0. The van der Waals surface area contributed by atoms with E-state index in [1.807, 2.05) is 0 Å². The van der Waals surface area contributed by atoms with Crippen molar-refractivity contribution >= 4 is 23.6 Å². The van der Waals surface area contributed by atoms with E-state index in [0.717, 1.165) is 23.9 Å². The summed E-state index contributed by atoms with van der Waals surface area (Å²) in [4.78, 5) is 21.1. The van der Waals surface area contributed by atoms with Crippen LogP contribution in [-0.4, -0.2) is 22.7 Å². The van der Waals surface area contributed by atoms with Crippen molar-refractivity contribution in [3.05, 3.63) is 29.6 Å². The Bertz CT molecular complexity index is 408. The van der Waals surface area contributed by atoms with Gasteiger partial charge in [0.2, 0.25) is 5.91 Å².